The summed E-state index contributed by atoms with van der Waals surface area (Å²) in [7, 11) is 0. The van der Waals surface area contributed by atoms with E-state index in [1.54, 1.807) is 6.07 Å². The molecule has 0 fully saturated rings. The smallest absolute Gasteiger partial charge is 0.123 e. The van der Waals surface area contributed by atoms with E-state index in [9.17, 15) is 4.39 Å². The lowest BCUT2D eigenvalue weighted by molar-refractivity contribution is 0.623. The fourth-order valence-electron chi connectivity index (χ4n) is 1.58. The molecule has 1 aromatic carbocycles. The molecule has 0 aliphatic heterocycles. The van der Waals surface area contributed by atoms with Gasteiger partial charge in [0.15, 0.2) is 0 Å². The fraction of sp³-hybridized carbons (Fsp3) is 0.462. The predicted molar refractivity (Wildman–Crippen MR) is 62.6 cm³/mol. The summed E-state index contributed by atoms with van der Waals surface area (Å²) >= 11 is 0. The standard InChI is InChI=1S/C13H17FN2/c1-11-10-13(14)5-4-12(11)6-9-16-8-3-2-7-15/h4-5,10,16H,2-3,6,8-9H2,1H3. The second-order valence-corrected chi connectivity index (χ2v) is 3.83. The van der Waals surface area contributed by atoms with Crippen molar-refractivity contribution < 1.29 is 4.39 Å². The Hall–Kier alpha value is -1.40. The molecule has 0 spiro atoms. The third-order valence-corrected chi connectivity index (χ3v) is 2.52. The van der Waals surface area contributed by atoms with Crippen LogP contribution in [-0.4, -0.2) is 13.1 Å². The lowest BCUT2D eigenvalue weighted by Gasteiger charge is -2.06. The number of unbranched alkanes of at least 4 members (excludes halogenated alkanes) is 1. The minimum atomic E-state index is -0.178. The minimum absolute atomic E-state index is 0.178. The lowest BCUT2D eigenvalue weighted by atomic mass is 10.1. The summed E-state index contributed by atoms with van der Waals surface area (Å²) in [5.41, 5.74) is 2.17. The van der Waals surface area contributed by atoms with E-state index in [4.69, 9.17) is 5.26 Å². The molecule has 0 atom stereocenters. The molecule has 0 saturated carbocycles. The molecule has 16 heavy (non-hydrogen) atoms. The van der Waals surface area contributed by atoms with Gasteiger partial charge in [-0.3, -0.25) is 0 Å². The Bertz CT molecular complexity index is 369. The summed E-state index contributed by atoms with van der Waals surface area (Å²) in [5, 5.41) is 11.6. The molecular weight excluding hydrogens is 203 g/mol. The quantitative estimate of drug-likeness (QED) is 0.748. The first-order valence-electron chi connectivity index (χ1n) is 5.56. The van der Waals surface area contributed by atoms with Gasteiger partial charge in [-0.15, -0.1) is 0 Å². The molecule has 1 N–H and O–H groups in total. The van der Waals surface area contributed by atoms with Crippen molar-refractivity contribution in [1.29, 1.82) is 5.26 Å². The summed E-state index contributed by atoms with van der Waals surface area (Å²) in [6.07, 6.45) is 2.39. The number of benzene rings is 1. The molecule has 0 unspecified atom stereocenters. The molecule has 3 heteroatoms. The molecular formula is C13H17FN2. The average molecular weight is 220 g/mol. The number of rotatable bonds is 6. The molecule has 1 aromatic rings. The molecule has 0 radical (unpaired) electrons. The highest BCUT2D eigenvalue weighted by Crippen LogP contribution is 2.10. The molecule has 86 valence electrons. The molecule has 1 rings (SSSR count). The Morgan fingerprint density at radius 1 is 1.38 bits per heavy atom. The highest BCUT2D eigenvalue weighted by atomic mass is 19.1. The van der Waals surface area contributed by atoms with Crippen LogP contribution in [0, 0.1) is 24.1 Å². The van der Waals surface area contributed by atoms with Crippen LogP contribution in [0.3, 0.4) is 0 Å². The van der Waals surface area contributed by atoms with Crippen LogP contribution in [0.15, 0.2) is 18.2 Å². The van der Waals surface area contributed by atoms with Crippen molar-refractivity contribution in [2.75, 3.05) is 13.1 Å². The van der Waals surface area contributed by atoms with Crippen molar-refractivity contribution >= 4 is 0 Å². The second kappa shape index (κ2) is 6.97. The number of hydrogen-bond donors (Lipinski definition) is 1. The molecule has 0 aliphatic rings. The van der Waals surface area contributed by atoms with Crippen LogP contribution in [0.25, 0.3) is 0 Å². The largest absolute Gasteiger partial charge is 0.316 e. The van der Waals surface area contributed by atoms with Gasteiger partial charge in [-0.25, -0.2) is 4.39 Å². The first-order chi connectivity index (χ1) is 7.74. The minimum Gasteiger partial charge on any atom is -0.316 e. The average Bonchev–Trinajstić information content (AvgIpc) is 2.26. The summed E-state index contributed by atoms with van der Waals surface area (Å²) in [6, 6.07) is 7.00. The third-order valence-electron chi connectivity index (χ3n) is 2.52. The van der Waals surface area contributed by atoms with E-state index in [2.05, 4.69) is 11.4 Å². The number of halogens is 1. The Morgan fingerprint density at radius 3 is 2.88 bits per heavy atom. The Labute approximate surface area is 96.1 Å². The van der Waals surface area contributed by atoms with E-state index in [0.717, 1.165) is 31.5 Å². The summed E-state index contributed by atoms with van der Waals surface area (Å²) in [6.45, 7) is 3.67. The number of nitriles is 1. The summed E-state index contributed by atoms with van der Waals surface area (Å²) < 4.78 is 12.8. The zero-order valence-corrected chi connectivity index (χ0v) is 9.59. The lowest BCUT2D eigenvalue weighted by Crippen LogP contribution is -2.18. The van der Waals surface area contributed by atoms with Crippen LogP contribution in [-0.2, 0) is 6.42 Å². The van der Waals surface area contributed by atoms with Crippen LogP contribution < -0.4 is 5.32 Å². The SMILES string of the molecule is Cc1cc(F)ccc1CCNCCCC#N. The molecule has 0 amide bonds. The molecule has 0 heterocycles. The van der Waals surface area contributed by atoms with E-state index in [-0.39, 0.29) is 5.82 Å². The monoisotopic (exact) mass is 220 g/mol. The van der Waals surface area contributed by atoms with Gasteiger partial charge in [0.25, 0.3) is 0 Å². The molecule has 0 saturated heterocycles. The maximum Gasteiger partial charge on any atom is 0.123 e. The third kappa shape index (κ3) is 4.41. The van der Waals surface area contributed by atoms with Gasteiger partial charge in [-0.05, 0) is 56.1 Å². The first-order valence-corrected chi connectivity index (χ1v) is 5.56. The van der Waals surface area contributed by atoms with E-state index in [1.807, 2.05) is 13.0 Å². The van der Waals surface area contributed by atoms with Gasteiger partial charge in [0.1, 0.15) is 5.82 Å². The van der Waals surface area contributed by atoms with E-state index in [1.165, 1.54) is 11.6 Å². The van der Waals surface area contributed by atoms with Gasteiger partial charge in [0.2, 0.25) is 0 Å². The van der Waals surface area contributed by atoms with Crippen molar-refractivity contribution in [3.05, 3.63) is 35.1 Å². The molecule has 2 nitrogen and oxygen atoms in total. The van der Waals surface area contributed by atoms with E-state index < -0.39 is 0 Å². The topological polar surface area (TPSA) is 35.8 Å². The number of aryl methyl sites for hydroxylation is 1. The van der Waals surface area contributed by atoms with Crippen LogP contribution in [0.4, 0.5) is 4.39 Å². The van der Waals surface area contributed by atoms with E-state index in [0.29, 0.717) is 6.42 Å². The first kappa shape index (κ1) is 12.7. The van der Waals surface area contributed by atoms with E-state index >= 15 is 0 Å². The van der Waals surface area contributed by atoms with Gasteiger partial charge in [0, 0.05) is 6.42 Å². The number of hydrogen-bond acceptors (Lipinski definition) is 2. The van der Waals surface area contributed by atoms with Crippen molar-refractivity contribution in [3.8, 4) is 6.07 Å². The highest BCUT2D eigenvalue weighted by Gasteiger charge is 1.99. The van der Waals surface area contributed by atoms with Crippen LogP contribution in [0.1, 0.15) is 24.0 Å². The van der Waals surface area contributed by atoms with Crippen molar-refractivity contribution in [3.63, 3.8) is 0 Å². The maximum atomic E-state index is 12.8. The fourth-order valence-corrected chi connectivity index (χ4v) is 1.58. The zero-order chi connectivity index (χ0) is 11.8. The van der Waals surface area contributed by atoms with Gasteiger partial charge in [0.05, 0.1) is 6.07 Å². The number of nitrogens with one attached hydrogen (secondary N) is 1. The van der Waals surface area contributed by atoms with Gasteiger partial charge in [-0.2, -0.15) is 5.26 Å². The Balaban J connectivity index is 2.25. The maximum absolute atomic E-state index is 12.8. The van der Waals surface area contributed by atoms with Crippen LogP contribution >= 0.6 is 0 Å². The number of nitrogens with zero attached hydrogens (tertiary/aromatic N) is 1. The highest BCUT2D eigenvalue weighted by molar-refractivity contribution is 5.26. The molecule has 0 aliphatic carbocycles. The van der Waals surface area contributed by atoms with Gasteiger partial charge in [-0.1, -0.05) is 6.07 Å². The Kier molecular flexibility index (Phi) is 5.52. The van der Waals surface area contributed by atoms with Crippen molar-refractivity contribution in [1.82, 2.24) is 5.32 Å². The van der Waals surface area contributed by atoms with Crippen LogP contribution in [0.5, 0.6) is 0 Å². The van der Waals surface area contributed by atoms with Gasteiger partial charge < -0.3 is 5.32 Å². The molecule has 0 aromatic heterocycles. The van der Waals surface area contributed by atoms with Crippen molar-refractivity contribution in [2.45, 2.75) is 26.2 Å². The Morgan fingerprint density at radius 2 is 2.19 bits per heavy atom. The predicted octanol–water partition coefficient (Wildman–Crippen LogP) is 2.57. The summed E-state index contributed by atoms with van der Waals surface area (Å²) in [4.78, 5) is 0. The van der Waals surface area contributed by atoms with Crippen LogP contribution in [0.2, 0.25) is 0 Å². The second-order valence-electron chi connectivity index (χ2n) is 3.83. The summed E-state index contributed by atoms with van der Waals surface area (Å²) in [5.74, 6) is -0.178. The van der Waals surface area contributed by atoms with Crippen molar-refractivity contribution in [2.24, 2.45) is 0 Å². The zero-order valence-electron chi connectivity index (χ0n) is 9.59. The molecule has 0 bridgehead atoms. The van der Waals surface area contributed by atoms with Gasteiger partial charge >= 0.3 is 0 Å². The normalized spacial score (nSPS) is 10.1.